The Labute approximate surface area is 306 Å². The molecule has 7 nitrogen and oxygen atoms in total. The zero-order valence-corrected chi connectivity index (χ0v) is 30.5. The highest BCUT2D eigenvalue weighted by molar-refractivity contribution is 6.30. The topological polar surface area (TPSA) is 80.6 Å². The number of hydrogen-bond acceptors (Lipinski definition) is 5. The van der Waals surface area contributed by atoms with E-state index in [2.05, 4.69) is 5.32 Å². The van der Waals surface area contributed by atoms with Crippen LogP contribution in [0.25, 0.3) is 11.1 Å². The Balaban J connectivity index is 1.91. The molecule has 2 heterocycles. The lowest BCUT2D eigenvalue weighted by molar-refractivity contribution is -0.144. The first-order valence-electron chi connectivity index (χ1n) is 17.0. The molecule has 1 aromatic heterocycles. The third-order valence-corrected chi connectivity index (χ3v) is 9.31. The third-order valence-electron chi connectivity index (χ3n) is 9.10. The molecule has 4 rings (SSSR count). The monoisotopic (exact) mass is 777 g/mol. The number of esters is 1. The number of pyridine rings is 1. The summed E-state index contributed by atoms with van der Waals surface area (Å²) in [5.74, 6) is -6.32. The molecule has 1 fully saturated rings. The van der Waals surface area contributed by atoms with Gasteiger partial charge in [-0.1, -0.05) is 25.4 Å². The molecule has 1 amide bonds. The van der Waals surface area contributed by atoms with Crippen LogP contribution in [0.15, 0.2) is 35.3 Å². The zero-order valence-electron chi connectivity index (χ0n) is 29.7. The molecule has 3 aromatic rings. The molecule has 0 spiro atoms. The second kappa shape index (κ2) is 16.6. The van der Waals surface area contributed by atoms with Crippen molar-refractivity contribution in [3.63, 3.8) is 0 Å². The number of ether oxygens (including phenoxy) is 1. The maximum atomic E-state index is 16.7. The summed E-state index contributed by atoms with van der Waals surface area (Å²) >= 11 is 6.10. The summed E-state index contributed by atoms with van der Waals surface area (Å²) in [4.78, 5) is 42.1. The Morgan fingerprint density at radius 1 is 0.943 bits per heavy atom. The molecule has 2 aromatic carbocycles. The van der Waals surface area contributed by atoms with Gasteiger partial charge in [-0.15, -0.1) is 0 Å². The van der Waals surface area contributed by atoms with E-state index in [1.807, 2.05) is 4.90 Å². The first-order valence-corrected chi connectivity index (χ1v) is 17.4. The average molecular weight is 778 g/mol. The van der Waals surface area contributed by atoms with Crippen molar-refractivity contribution in [3.8, 4) is 11.1 Å². The summed E-state index contributed by atoms with van der Waals surface area (Å²) in [7, 11) is 0. The Morgan fingerprint density at radius 3 is 2.06 bits per heavy atom. The van der Waals surface area contributed by atoms with Gasteiger partial charge in [-0.05, 0) is 99.5 Å². The lowest BCUT2D eigenvalue weighted by atomic mass is 9.89. The maximum absolute atomic E-state index is 16.7. The highest BCUT2D eigenvalue weighted by Crippen LogP contribution is 2.43. The number of alkyl halides is 6. The molecule has 290 valence electrons. The standard InChI is InChI=1S/C37H40ClF8N3O4/c1-6-53-30(51)17-27(32-33(39)24(15-26(34(32)40)37(44,45)46)31-20(4)13-23(38)14-21(31)5)47-35(52)28(12-19(2)3)49-18-22(8-11-48-9-7-10-48)25(16-29(49)50)36(41,42)43/h13-16,18-19,27-28H,6-12,17H2,1-5H3,(H,47,52). The number of aryl methyl sites for hydroxylation is 2. The van der Waals surface area contributed by atoms with E-state index in [4.69, 9.17) is 16.3 Å². The molecular weight excluding hydrogens is 738 g/mol. The van der Waals surface area contributed by atoms with Crippen molar-refractivity contribution in [2.75, 3.05) is 26.2 Å². The van der Waals surface area contributed by atoms with Crippen molar-refractivity contribution < 1.29 is 49.4 Å². The van der Waals surface area contributed by atoms with Crippen LogP contribution in [0.3, 0.4) is 0 Å². The van der Waals surface area contributed by atoms with Crippen LogP contribution in [-0.2, 0) is 33.1 Å². The van der Waals surface area contributed by atoms with Gasteiger partial charge >= 0.3 is 18.3 Å². The lowest BCUT2D eigenvalue weighted by Crippen LogP contribution is -2.41. The fourth-order valence-corrected chi connectivity index (χ4v) is 6.87. The number of amides is 1. The number of aromatic nitrogens is 1. The van der Waals surface area contributed by atoms with Gasteiger partial charge in [0, 0.05) is 35.0 Å². The van der Waals surface area contributed by atoms with Crippen molar-refractivity contribution in [1.82, 2.24) is 14.8 Å². The normalized spacial score (nSPS) is 14.9. The number of hydrogen-bond donors (Lipinski definition) is 1. The van der Waals surface area contributed by atoms with Crippen molar-refractivity contribution >= 4 is 23.5 Å². The van der Waals surface area contributed by atoms with Crippen LogP contribution < -0.4 is 10.9 Å². The van der Waals surface area contributed by atoms with Gasteiger partial charge in [-0.3, -0.25) is 14.4 Å². The van der Waals surface area contributed by atoms with E-state index < -0.39 is 88.1 Å². The number of benzene rings is 2. The molecule has 1 saturated heterocycles. The SMILES string of the molecule is CCOC(=O)CC(NC(=O)C(CC(C)C)n1cc(CCN2CCC2)c(C(F)(F)F)cc1=O)c1c(F)c(-c2c(C)cc(Cl)cc2C)cc(C(F)(F)F)c1F. The van der Waals surface area contributed by atoms with Crippen molar-refractivity contribution in [1.29, 1.82) is 0 Å². The molecule has 0 saturated carbocycles. The van der Waals surface area contributed by atoms with Gasteiger partial charge < -0.3 is 19.5 Å². The van der Waals surface area contributed by atoms with Gasteiger partial charge in [0.25, 0.3) is 5.56 Å². The van der Waals surface area contributed by atoms with E-state index in [0.717, 1.165) is 17.2 Å². The Bertz CT molecular complexity index is 1880. The summed E-state index contributed by atoms with van der Waals surface area (Å²) in [6.07, 6.45) is -9.81. The Hall–Kier alpha value is -3.98. The number of likely N-dealkylation sites (tertiary alicyclic amines) is 1. The van der Waals surface area contributed by atoms with Gasteiger partial charge in [0.05, 0.1) is 30.2 Å². The zero-order chi connectivity index (χ0) is 39.6. The number of halogens is 9. The molecule has 1 N–H and O–H groups in total. The molecule has 1 aliphatic heterocycles. The molecule has 0 bridgehead atoms. The minimum atomic E-state index is -5.37. The lowest BCUT2D eigenvalue weighted by Gasteiger charge is -2.31. The molecule has 2 atom stereocenters. The van der Waals surface area contributed by atoms with Crippen LogP contribution in [0.4, 0.5) is 35.1 Å². The average Bonchev–Trinajstić information content (AvgIpc) is 2.99. The van der Waals surface area contributed by atoms with E-state index in [0.29, 0.717) is 25.2 Å². The fraction of sp³-hybridized carbons (Fsp3) is 0.486. The first-order chi connectivity index (χ1) is 24.6. The second-order valence-electron chi connectivity index (χ2n) is 13.5. The molecular formula is C37H40ClF8N3O4. The van der Waals surface area contributed by atoms with Gasteiger partial charge in [-0.25, -0.2) is 8.78 Å². The fourth-order valence-electron chi connectivity index (χ4n) is 6.54. The second-order valence-corrected chi connectivity index (χ2v) is 14.0. The summed E-state index contributed by atoms with van der Waals surface area (Å²) in [5, 5.41) is 2.47. The predicted octanol–water partition coefficient (Wildman–Crippen LogP) is 8.75. The van der Waals surface area contributed by atoms with Crippen molar-refractivity contribution in [2.45, 2.75) is 84.7 Å². The van der Waals surface area contributed by atoms with Gasteiger partial charge in [0.1, 0.15) is 17.7 Å². The number of carbonyl (C=O) groups excluding carboxylic acids is 2. The molecule has 2 unspecified atom stereocenters. The summed E-state index contributed by atoms with van der Waals surface area (Å²) in [6, 6.07) is -0.319. The van der Waals surface area contributed by atoms with E-state index in [1.54, 1.807) is 13.8 Å². The van der Waals surface area contributed by atoms with Gasteiger partial charge in [0.2, 0.25) is 5.91 Å². The summed E-state index contributed by atoms with van der Waals surface area (Å²) in [5.41, 5.74) is -6.09. The molecule has 53 heavy (non-hydrogen) atoms. The Kier molecular flexibility index (Phi) is 13.1. The van der Waals surface area contributed by atoms with Crippen LogP contribution in [0.5, 0.6) is 0 Å². The number of nitrogens with zero attached hydrogens (tertiary/aromatic N) is 2. The smallest absolute Gasteiger partial charge is 0.419 e. The van der Waals surface area contributed by atoms with Gasteiger partial charge in [0.15, 0.2) is 0 Å². The quantitative estimate of drug-likeness (QED) is 0.139. The highest BCUT2D eigenvalue weighted by Gasteiger charge is 2.41. The molecule has 1 aliphatic rings. The van der Waals surface area contributed by atoms with E-state index >= 15 is 8.78 Å². The Morgan fingerprint density at radius 2 is 1.55 bits per heavy atom. The van der Waals surface area contributed by atoms with Crippen LogP contribution in [0.1, 0.15) is 85.5 Å². The van der Waals surface area contributed by atoms with Crippen LogP contribution in [0.2, 0.25) is 5.02 Å². The number of nitrogens with one attached hydrogen (secondary N) is 1. The minimum Gasteiger partial charge on any atom is -0.466 e. The molecule has 0 radical (unpaired) electrons. The summed E-state index contributed by atoms with van der Waals surface area (Å²) < 4.78 is 124. The van der Waals surface area contributed by atoms with Crippen molar-refractivity contribution in [3.05, 3.63) is 90.9 Å². The summed E-state index contributed by atoms with van der Waals surface area (Å²) in [6.45, 7) is 9.00. The molecule has 0 aliphatic carbocycles. The number of rotatable bonds is 13. The highest BCUT2D eigenvalue weighted by atomic mass is 35.5. The minimum absolute atomic E-state index is 0.0420. The van der Waals surface area contributed by atoms with E-state index in [1.165, 1.54) is 32.9 Å². The predicted molar refractivity (Wildman–Crippen MR) is 182 cm³/mol. The van der Waals surface area contributed by atoms with Crippen LogP contribution >= 0.6 is 11.6 Å². The van der Waals surface area contributed by atoms with Crippen LogP contribution in [-0.4, -0.2) is 47.6 Å². The largest absolute Gasteiger partial charge is 0.466 e. The van der Waals surface area contributed by atoms with E-state index in [-0.39, 0.29) is 53.3 Å². The first kappa shape index (κ1) is 41.8. The number of carbonyl (C=O) groups is 2. The van der Waals surface area contributed by atoms with Crippen molar-refractivity contribution in [2.24, 2.45) is 5.92 Å². The van der Waals surface area contributed by atoms with E-state index in [9.17, 15) is 40.7 Å². The van der Waals surface area contributed by atoms with Crippen LogP contribution in [0, 0.1) is 31.4 Å². The molecule has 16 heteroatoms. The maximum Gasteiger partial charge on any atom is 0.419 e. The van der Waals surface area contributed by atoms with Gasteiger partial charge in [-0.2, -0.15) is 26.3 Å². The third kappa shape index (κ3) is 9.77.